The van der Waals surface area contributed by atoms with Crippen molar-refractivity contribution in [3.63, 3.8) is 0 Å². The van der Waals surface area contributed by atoms with Crippen molar-refractivity contribution in [2.75, 3.05) is 20.2 Å². The van der Waals surface area contributed by atoms with Crippen LogP contribution in [0.5, 0.6) is 0 Å². The first-order chi connectivity index (χ1) is 14.9. The molecule has 3 atom stereocenters. The van der Waals surface area contributed by atoms with Gasteiger partial charge in [-0.1, -0.05) is 30.3 Å². The van der Waals surface area contributed by atoms with E-state index in [4.69, 9.17) is 14.6 Å². The molecule has 31 heavy (non-hydrogen) atoms. The van der Waals surface area contributed by atoms with Crippen LogP contribution in [0, 0.1) is 5.92 Å². The number of methoxy groups -OCH3 is 1. The molecular formula is C21H24N4O6. The molecule has 1 N–H and O–H groups in total. The molecule has 164 valence electrons. The van der Waals surface area contributed by atoms with Crippen LogP contribution in [0.25, 0.3) is 0 Å². The number of esters is 1. The van der Waals surface area contributed by atoms with Crippen molar-refractivity contribution in [1.82, 2.24) is 19.4 Å². The van der Waals surface area contributed by atoms with E-state index in [1.54, 1.807) is 28.9 Å². The van der Waals surface area contributed by atoms with E-state index in [1.807, 2.05) is 30.3 Å². The Morgan fingerprint density at radius 2 is 1.94 bits per heavy atom. The number of benzene rings is 1. The molecule has 3 heterocycles. The number of nitrogens with zero attached hydrogens (tertiary/aromatic N) is 4. The third kappa shape index (κ3) is 4.27. The molecule has 2 aliphatic rings. The van der Waals surface area contributed by atoms with E-state index in [2.05, 4.69) is 4.98 Å². The molecular weight excluding hydrogens is 404 g/mol. The Bertz CT molecular complexity index is 960. The van der Waals surface area contributed by atoms with Gasteiger partial charge in [0.25, 0.3) is 12.4 Å². The standard InChI is InChI=1S/C20H22N4O4.CH2O2/c1-22-9-8-21-18(22)19(26)23-11-14-10-15(20(27)28-2)17(24(14)16(25)12-23)13-6-4-3-5-7-13;2-1-3/h3-9,14-15,17H,10-12H2,1-2H3;1H,(H,2,3)/t14-,15-,17-;/m0./s1. The van der Waals surface area contributed by atoms with Gasteiger partial charge in [0, 0.05) is 26.0 Å². The molecule has 1 aromatic heterocycles. The van der Waals surface area contributed by atoms with Crippen LogP contribution < -0.4 is 0 Å². The molecule has 0 saturated carbocycles. The van der Waals surface area contributed by atoms with Crippen molar-refractivity contribution in [2.24, 2.45) is 13.0 Å². The number of aryl methyl sites for hydroxylation is 1. The Morgan fingerprint density at radius 1 is 1.26 bits per heavy atom. The predicted octanol–water partition coefficient (Wildman–Crippen LogP) is 0.708. The molecule has 0 bridgehead atoms. The Kier molecular flexibility index (Phi) is 6.68. The van der Waals surface area contributed by atoms with Crippen LogP contribution in [0.15, 0.2) is 42.7 Å². The van der Waals surface area contributed by atoms with Crippen LogP contribution in [0.1, 0.15) is 28.6 Å². The highest BCUT2D eigenvalue weighted by atomic mass is 16.5. The zero-order valence-electron chi connectivity index (χ0n) is 17.2. The maximum absolute atomic E-state index is 13.0. The van der Waals surface area contributed by atoms with Gasteiger partial charge in [-0.3, -0.25) is 19.2 Å². The quantitative estimate of drug-likeness (QED) is 0.564. The number of aromatic nitrogens is 2. The number of rotatable bonds is 3. The first-order valence-electron chi connectivity index (χ1n) is 9.71. The summed E-state index contributed by atoms with van der Waals surface area (Å²) in [6.45, 7) is 0.0910. The zero-order chi connectivity index (χ0) is 22.5. The van der Waals surface area contributed by atoms with Crippen molar-refractivity contribution in [1.29, 1.82) is 0 Å². The highest BCUT2D eigenvalue weighted by molar-refractivity contribution is 5.95. The van der Waals surface area contributed by atoms with Crippen molar-refractivity contribution < 1.29 is 29.0 Å². The van der Waals surface area contributed by atoms with E-state index >= 15 is 0 Å². The van der Waals surface area contributed by atoms with Crippen LogP contribution >= 0.6 is 0 Å². The van der Waals surface area contributed by atoms with E-state index < -0.39 is 5.92 Å². The number of hydrogen-bond acceptors (Lipinski definition) is 6. The molecule has 10 heteroatoms. The van der Waals surface area contributed by atoms with Crippen molar-refractivity contribution in [3.05, 3.63) is 54.1 Å². The fourth-order valence-electron chi connectivity index (χ4n) is 4.33. The van der Waals surface area contributed by atoms with E-state index in [1.165, 1.54) is 12.0 Å². The van der Waals surface area contributed by atoms with E-state index in [0.29, 0.717) is 18.8 Å². The van der Waals surface area contributed by atoms with Gasteiger partial charge in [-0.25, -0.2) is 4.98 Å². The lowest BCUT2D eigenvalue weighted by molar-refractivity contribution is -0.147. The molecule has 2 saturated heterocycles. The summed E-state index contributed by atoms with van der Waals surface area (Å²) in [6, 6.07) is 8.90. The van der Waals surface area contributed by atoms with Gasteiger partial charge in [0.1, 0.15) is 6.54 Å². The molecule has 0 radical (unpaired) electrons. The fraction of sp³-hybridized carbons (Fsp3) is 0.381. The maximum atomic E-state index is 13.0. The third-order valence-corrected chi connectivity index (χ3v) is 5.59. The van der Waals surface area contributed by atoms with Crippen LogP contribution in [0.4, 0.5) is 0 Å². The molecule has 2 fully saturated rings. The van der Waals surface area contributed by atoms with Crippen LogP contribution in [0.3, 0.4) is 0 Å². The third-order valence-electron chi connectivity index (χ3n) is 5.59. The molecule has 2 amide bonds. The Hall–Kier alpha value is -3.69. The number of imidazole rings is 1. The predicted molar refractivity (Wildman–Crippen MR) is 108 cm³/mol. The summed E-state index contributed by atoms with van der Waals surface area (Å²) in [6.07, 6.45) is 3.71. The summed E-state index contributed by atoms with van der Waals surface area (Å²) in [4.78, 5) is 54.0. The van der Waals surface area contributed by atoms with Crippen molar-refractivity contribution >= 4 is 24.3 Å². The minimum absolute atomic E-state index is 0.0284. The first kappa shape index (κ1) is 22.0. The monoisotopic (exact) mass is 428 g/mol. The molecule has 0 aliphatic carbocycles. The number of carbonyl (C=O) groups excluding carboxylic acids is 3. The highest BCUT2D eigenvalue weighted by Crippen LogP contribution is 2.43. The van der Waals surface area contributed by atoms with Gasteiger partial charge in [-0.05, 0) is 12.0 Å². The molecule has 10 nitrogen and oxygen atoms in total. The summed E-state index contributed by atoms with van der Waals surface area (Å²) >= 11 is 0. The van der Waals surface area contributed by atoms with E-state index in [9.17, 15) is 14.4 Å². The molecule has 2 aromatic rings. The van der Waals surface area contributed by atoms with Gasteiger partial charge < -0.3 is 24.2 Å². The van der Waals surface area contributed by atoms with Gasteiger partial charge in [0.05, 0.1) is 25.1 Å². The average molecular weight is 428 g/mol. The lowest BCUT2D eigenvalue weighted by atomic mass is 9.93. The molecule has 0 spiro atoms. The van der Waals surface area contributed by atoms with Crippen LogP contribution in [-0.4, -0.2) is 75.0 Å². The largest absolute Gasteiger partial charge is 0.483 e. The van der Waals surface area contributed by atoms with Gasteiger partial charge >= 0.3 is 5.97 Å². The first-order valence-corrected chi connectivity index (χ1v) is 9.71. The second-order valence-electron chi connectivity index (χ2n) is 7.33. The topological polar surface area (TPSA) is 122 Å². The zero-order valence-corrected chi connectivity index (χ0v) is 17.2. The summed E-state index contributed by atoms with van der Waals surface area (Å²) in [5, 5.41) is 6.89. The average Bonchev–Trinajstić information content (AvgIpc) is 3.37. The molecule has 1 aromatic carbocycles. The van der Waals surface area contributed by atoms with Crippen molar-refractivity contribution in [3.8, 4) is 0 Å². The van der Waals surface area contributed by atoms with Crippen LogP contribution in [0.2, 0.25) is 0 Å². The van der Waals surface area contributed by atoms with Crippen molar-refractivity contribution in [2.45, 2.75) is 18.5 Å². The number of piperazine rings is 1. The summed E-state index contributed by atoms with van der Waals surface area (Å²) in [5.74, 6) is -0.941. The number of carbonyl (C=O) groups is 4. The van der Waals surface area contributed by atoms with Gasteiger partial charge in [-0.15, -0.1) is 0 Å². The van der Waals surface area contributed by atoms with Gasteiger partial charge in [0.2, 0.25) is 5.91 Å². The number of amides is 2. The Balaban J connectivity index is 0.000000858. The molecule has 2 aliphatic heterocycles. The van der Waals surface area contributed by atoms with E-state index in [0.717, 1.165) is 5.56 Å². The lowest BCUT2D eigenvalue weighted by Gasteiger charge is -2.39. The number of hydrogen-bond donors (Lipinski definition) is 1. The van der Waals surface area contributed by atoms with E-state index in [-0.39, 0.29) is 42.9 Å². The Morgan fingerprint density at radius 3 is 2.52 bits per heavy atom. The minimum Gasteiger partial charge on any atom is -0.483 e. The summed E-state index contributed by atoms with van der Waals surface area (Å²) in [7, 11) is 3.10. The Labute approximate surface area is 179 Å². The second kappa shape index (κ2) is 9.41. The number of carboxylic acid groups (broad SMARTS) is 1. The van der Waals surface area contributed by atoms with Gasteiger partial charge in [0.15, 0.2) is 5.82 Å². The SMILES string of the molecule is COC(=O)[C@H]1C[C@H]2CN(C(=O)c3nccn3C)CC(=O)N2[C@H]1c1ccccc1.O=CO. The normalized spacial score (nSPS) is 22.3. The second-order valence-corrected chi connectivity index (χ2v) is 7.33. The number of ether oxygens (including phenoxy) is 1. The lowest BCUT2D eigenvalue weighted by Crippen LogP contribution is -2.56. The highest BCUT2D eigenvalue weighted by Gasteiger charge is 2.51. The fourth-order valence-corrected chi connectivity index (χ4v) is 4.33. The molecule has 4 rings (SSSR count). The number of fused-ring (bicyclic) bond motifs is 1. The maximum Gasteiger partial charge on any atom is 0.311 e. The van der Waals surface area contributed by atoms with Gasteiger partial charge in [-0.2, -0.15) is 0 Å². The summed E-state index contributed by atoms with van der Waals surface area (Å²) < 4.78 is 6.64. The summed E-state index contributed by atoms with van der Waals surface area (Å²) in [5.41, 5.74) is 0.901. The minimum atomic E-state index is -0.454. The molecule has 0 unspecified atom stereocenters. The van der Waals surface area contributed by atoms with Crippen LogP contribution in [-0.2, 0) is 26.2 Å². The smallest absolute Gasteiger partial charge is 0.311 e.